The molecule has 0 aliphatic rings. The lowest BCUT2D eigenvalue weighted by Crippen LogP contribution is -2.28. The van der Waals surface area contributed by atoms with Crippen LogP contribution in [0.15, 0.2) is 24.3 Å². The van der Waals surface area contributed by atoms with Gasteiger partial charge in [-0.3, -0.25) is 10.1 Å². The summed E-state index contributed by atoms with van der Waals surface area (Å²) in [5.74, 6) is -0.825. The number of nitro benzene ring substituents is 1. The minimum absolute atomic E-state index is 0.0868. The predicted molar refractivity (Wildman–Crippen MR) is 133 cm³/mol. The molecule has 0 aliphatic carbocycles. The monoisotopic (exact) mass is 478 g/mol. The Morgan fingerprint density at radius 2 is 1.21 bits per heavy atom. The maximum absolute atomic E-state index is 11.8. The van der Waals surface area contributed by atoms with Gasteiger partial charge in [0, 0.05) is 12.1 Å². The number of nitro groups is 1. The molecule has 0 spiro atoms. The zero-order chi connectivity index (χ0) is 24.9. The van der Waals surface area contributed by atoms with E-state index in [0.29, 0.717) is 0 Å². The average Bonchev–Trinajstić information content (AvgIpc) is 2.84. The van der Waals surface area contributed by atoms with Gasteiger partial charge in [-0.2, -0.15) is 0 Å². The molecule has 8 nitrogen and oxygen atoms in total. The molecule has 0 fully saturated rings. The van der Waals surface area contributed by atoms with Gasteiger partial charge in [-0.1, -0.05) is 103 Å². The molecule has 1 aromatic rings. The lowest BCUT2D eigenvalue weighted by molar-refractivity contribution is -0.384. The SMILES string of the molecule is CCCCCCCCCCCCCCCCCCOC(=O)NOC(=O)c1ccc([N+](=O)[O-])cc1. The summed E-state index contributed by atoms with van der Waals surface area (Å²) >= 11 is 0. The molecule has 1 N–H and O–H groups in total. The first kappa shape index (κ1) is 29.4. The highest BCUT2D eigenvalue weighted by Crippen LogP contribution is 2.14. The number of rotatable bonds is 19. The summed E-state index contributed by atoms with van der Waals surface area (Å²) in [4.78, 5) is 38.1. The van der Waals surface area contributed by atoms with Crippen LogP contribution in [-0.4, -0.2) is 23.6 Å². The van der Waals surface area contributed by atoms with E-state index in [2.05, 4.69) is 11.8 Å². The molecule has 192 valence electrons. The number of carbonyl (C=O) groups excluding carboxylic acids is 2. The number of ether oxygens (including phenoxy) is 1. The van der Waals surface area contributed by atoms with E-state index in [0.717, 1.165) is 19.3 Å². The molecule has 1 rings (SSSR count). The lowest BCUT2D eigenvalue weighted by Gasteiger charge is -2.07. The van der Waals surface area contributed by atoms with Gasteiger partial charge in [0.2, 0.25) is 0 Å². The lowest BCUT2D eigenvalue weighted by atomic mass is 10.0. The van der Waals surface area contributed by atoms with Gasteiger partial charge in [0.05, 0.1) is 17.1 Å². The number of nitrogens with zero attached hydrogens (tertiary/aromatic N) is 1. The summed E-state index contributed by atoms with van der Waals surface area (Å²) in [6.45, 7) is 2.52. The molecule has 0 saturated carbocycles. The molecular weight excluding hydrogens is 436 g/mol. The molecule has 0 aliphatic heterocycles. The van der Waals surface area contributed by atoms with E-state index in [9.17, 15) is 19.7 Å². The van der Waals surface area contributed by atoms with Crippen LogP contribution in [0, 0.1) is 10.1 Å². The van der Waals surface area contributed by atoms with Crippen LogP contribution in [0.1, 0.15) is 120 Å². The van der Waals surface area contributed by atoms with Gasteiger partial charge < -0.3 is 9.57 Å². The van der Waals surface area contributed by atoms with E-state index < -0.39 is 17.0 Å². The Kier molecular flexibility index (Phi) is 17.1. The van der Waals surface area contributed by atoms with Gasteiger partial charge in [0.15, 0.2) is 0 Å². The van der Waals surface area contributed by atoms with Crippen LogP contribution < -0.4 is 5.48 Å². The van der Waals surface area contributed by atoms with E-state index in [1.807, 2.05) is 5.48 Å². The summed E-state index contributed by atoms with van der Waals surface area (Å²) in [6.07, 6.45) is 19.6. The number of hydrogen-bond acceptors (Lipinski definition) is 6. The van der Waals surface area contributed by atoms with Crippen LogP contribution in [0.3, 0.4) is 0 Å². The maximum atomic E-state index is 11.8. The van der Waals surface area contributed by atoms with Crippen molar-refractivity contribution in [3.05, 3.63) is 39.9 Å². The third kappa shape index (κ3) is 15.2. The summed E-state index contributed by atoms with van der Waals surface area (Å²) in [7, 11) is 0. The molecular formula is C26H42N2O6. The zero-order valence-corrected chi connectivity index (χ0v) is 20.7. The molecule has 0 saturated heterocycles. The molecule has 1 aromatic carbocycles. The Bertz CT molecular complexity index is 693. The van der Waals surface area contributed by atoms with Crippen molar-refractivity contribution in [2.24, 2.45) is 0 Å². The van der Waals surface area contributed by atoms with Crippen LogP contribution in [-0.2, 0) is 9.57 Å². The maximum Gasteiger partial charge on any atom is 0.440 e. The molecule has 0 heterocycles. The highest BCUT2D eigenvalue weighted by molar-refractivity contribution is 5.90. The zero-order valence-electron chi connectivity index (χ0n) is 20.7. The average molecular weight is 479 g/mol. The second-order valence-corrected chi connectivity index (χ2v) is 8.73. The van der Waals surface area contributed by atoms with Crippen molar-refractivity contribution in [1.29, 1.82) is 0 Å². The third-order valence-corrected chi connectivity index (χ3v) is 5.77. The third-order valence-electron chi connectivity index (χ3n) is 5.77. The summed E-state index contributed by atoms with van der Waals surface area (Å²) in [5.41, 5.74) is 1.88. The standard InChI is InChI=1S/C26H42N2O6/c1-2-3-4-5-6-7-8-9-10-11-12-13-14-15-16-17-22-33-26(30)27-34-25(29)23-18-20-24(21-19-23)28(31)32/h18-21H,2-17,22H2,1H3,(H,27,30). The normalized spacial score (nSPS) is 10.6. The minimum atomic E-state index is -0.837. The highest BCUT2D eigenvalue weighted by Gasteiger charge is 2.12. The quantitative estimate of drug-likeness (QED) is 0.124. The number of carbonyl (C=O) groups is 2. The first-order valence-corrected chi connectivity index (χ1v) is 12.9. The molecule has 0 bridgehead atoms. The second kappa shape index (κ2) is 19.8. The fourth-order valence-corrected chi connectivity index (χ4v) is 3.71. The van der Waals surface area contributed by atoms with Crippen molar-refractivity contribution in [3.63, 3.8) is 0 Å². The van der Waals surface area contributed by atoms with E-state index in [1.54, 1.807) is 0 Å². The number of benzene rings is 1. The number of non-ortho nitro benzene ring substituents is 1. The molecule has 0 atom stereocenters. The number of nitrogens with one attached hydrogen (secondary N) is 1. The molecule has 0 unspecified atom stereocenters. The predicted octanol–water partition coefficient (Wildman–Crippen LogP) is 7.65. The van der Waals surface area contributed by atoms with Gasteiger partial charge in [-0.25, -0.2) is 9.59 Å². The van der Waals surface area contributed by atoms with Crippen LogP contribution >= 0.6 is 0 Å². The van der Waals surface area contributed by atoms with Crippen molar-refractivity contribution in [3.8, 4) is 0 Å². The Hall–Kier alpha value is -2.64. The first-order valence-electron chi connectivity index (χ1n) is 12.9. The number of amides is 1. The fraction of sp³-hybridized carbons (Fsp3) is 0.692. The summed E-state index contributed by atoms with van der Waals surface area (Å²) < 4.78 is 4.98. The van der Waals surface area contributed by atoms with E-state index in [-0.39, 0.29) is 17.9 Å². The van der Waals surface area contributed by atoms with Crippen LogP contribution in [0.2, 0.25) is 0 Å². The molecule has 1 amide bonds. The van der Waals surface area contributed by atoms with Crippen LogP contribution in [0.4, 0.5) is 10.5 Å². The first-order chi connectivity index (χ1) is 16.5. The summed E-state index contributed by atoms with van der Waals surface area (Å²) in [5, 5.41) is 10.6. The smallest absolute Gasteiger partial charge is 0.440 e. The van der Waals surface area contributed by atoms with Gasteiger partial charge in [-0.15, -0.1) is 5.48 Å². The number of hydrogen-bond donors (Lipinski definition) is 1. The minimum Gasteiger partial charge on any atom is -0.447 e. The van der Waals surface area contributed by atoms with Gasteiger partial charge in [-0.05, 0) is 18.6 Å². The van der Waals surface area contributed by atoms with Gasteiger partial charge >= 0.3 is 12.1 Å². The van der Waals surface area contributed by atoms with Gasteiger partial charge in [0.25, 0.3) is 5.69 Å². The van der Waals surface area contributed by atoms with Crippen molar-refractivity contribution >= 4 is 17.7 Å². The number of hydroxylamine groups is 1. The van der Waals surface area contributed by atoms with Crippen molar-refractivity contribution in [2.45, 2.75) is 110 Å². The fourth-order valence-electron chi connectivity index (χ4n) is 3.71. The Morgan fingerprint density at radius 3 is 1.65 bits per heavy atom. The molecule has 0 aromatic heterocycles. The van der Waals surface area contributed by atoms with Gasteiger partial charge in [0.1, 0.15) is 0 Å². The van der Waals surface area contributed by atoms with E-state index in [1.165, 1.54) is 108 Å². The summed E-state index contributed by atoms with van der Waals surface area (Å²) in [6, 6.07) is 4.88. The van der Waals surface area contributed by atoms with Crippen molar-refractivity contribution in [2.75, 3.05) is 6.61 Å². The topological polar surface area (TPSA) is 108 Å². The largest absolute Gasteiger partial charge is 0.447 e. The molecule has 0 radical (unpaired) electrons. The van der Waals surface area contributed by atoms with Crippen molar-refractivity contribution < 1.29 is 24.1 Å². The Morgan fingerprint density at radius 1 is 0.765 bits per heavy atom. The van der Waals surface area contributed by atoms with E-state index in [4.69, 9.17) is 4.74 Å². The van der Waals surface area contributed by atoms with E-state index >= 15 is 0 Å². The Balaban J connectivity index is 1.88. The Labute approximate surface area is 203 Å². The molecule has 8 heteroatoms. The van der Waals surface area contributed by atoms with Crippen LogP contribution in [0.25, 0.3) is 0 Å². The highest BCUT2D eigenvalue weighted by atomic mass is 16.7. The number of unbranched alkanes of at least 4 members (excludes halogenated alkanes) is 15. The molecule has 34 heavy (non-hydrogen) atoms. The second-order valence-electron chi connectivity index (χ2n) is 8.73. The van der Waals surface area contributed by atoms with Crippen LogP contribution in [0.5, 0.6) is 0 Å². The van der Waals surface area contributed by atoms with Crippen molar-refractivity contribution in [1.82, 2.24) is 5.48 Å².